The molecule has 1 atom stereocenters. The fourth-order valence-corrected chi connectivity index (χ4v) is 4.77. The number of carbonyl (C=O) groups is 2. The maximum absolute atomic E-state index is 14.6. The quantitative estimate of drug-likeness (QED) is 0.492. The molecule has 2 amide bonds. The molecule has 3 aromatic rings. The number of carbonyl (C=O) groups excluding carboxylic acids is 2. The number of rotatable bonds is 0. The minimum Gasteiger partial charge on any atom is -0.475 e. The molecule has 194 valence electrons. The molecule has 1 unspecified atom stereocenters. The first-order valence-electron chi connectivity index (χ1n) is 12.3. The molecule has 11 nitrogen and oxygen atoms in total. The Morgan fingerprint density at radius 3 is 2.84 bits per heavy atom. The SMILES string of the molecule is CC(C)(C)OC(=O)N1CCN2c3ccn4ncc(c4n3)C(=O)NC3(CC3)COc3ncc(F)cc3C2C1. The maximum atomic E-state index is 14.6. The normalized spacial score (nSPS) is 20.8. The first kappa shape index (κ1) is 23.4. The van der Waals surface area contributed by atoms with Crippen LogP contribution >= 0.6 is 0 Å². The number of hydrogen-bond donors (Lipinski definition) is 1. The van der Waals surface area contributed by atoms with E-state index in [0.717, 1.165) is 19.0 Å². The van der Waals surface area contributed by atoms with Crippen LogP contribution < -0.4 is 15.0 Å². The standard InChI is InChI=1S/C25H28FN7O4/c1-24(2,3)37-23(35)31-8-9-32-18(13-31)16-10-15(26)11-27-22(16)36-14-25(5-6-25)30-21(34)17-12-28-33-7-4-19(32)29-20(17)33/h4,7,10-12,18H,5-6,8-9,13-14H2,1-3H3,(H,30,34). The third kappa shape index (κ3) is 4.40. The molecular formula is C25H28FN7O4. The summed E-state index contributed by atoms with van der Waals surface area (Å²) in [5.74, 6) is 0.0216. The van der Waals surface area contributed by atoms with Gasteiger partial charge >= 0.3 is 6.09 Å². The van der Waals surface area contributed by atoms with Crippen LogP contribution in [0.4, 0.5) is 15.0 Å². The number of aromatic nitrogens is 4. The van der Waals surface area contributed by atoms with Gasteiger partial charge in [-0.3, -0.25) is 4.79 Å². The van der Waals surface area contributed by atoms with Crippen molar-refractivity contribution >= 4 is 23.5 Å². The molecule has 1 N–H and O–H groups in total. The average molecular weight is 510 g/mol. The van der Waals surface area contributed by atoms with Crippen molar-refractivity contribution in [2.24, 2.45) is 0 Å². The largest absolute Gasteiger partial charge is 0.475 e. The van der Waals surface area contributed by atoms with E-state index in [0.29, 0.717) is 35.7 Å². The van der Waals surface area contributed by atoms with Crippen LogP contribution in [0.5, 0.6) is 5.88 Å². The Morgan fingerprint density at radius 2 is 2.08 bits per heavy atom. The van der Waals surface area contributed by atoms with Gasteiger partial charge in [0, 0.05) is 31.4 Å². The number of piperazine rings is 1. The van der Waals surface area contributed by atoms with Gasteiger partial charge in [0.25, 0.3) is 5.91 Å². The smallest absolute Gasteiger partial charge is 0.410 e. The van der Waals surface area contributed by atoms with Crippen LogP contribution in [-0.4, -0.2) is 73.9 Å². The monoisotopic (exact) mass is 509 g/mol. The van der Waals surface area contributed by atoms with E-state index in [2.05, 4.69) is 15.4 Å². The molecule has 2 fully saturated rings. The lowest BCUT2D eigenvalue weighted by Crippen LogP contribution is -2.52. The number of nitrogens with zero attached hydrogens (tertiary/aromatic N) is 6. The van der Waals surface area contributed by atoms with Crippen molar-refractivity contribution in [3.8, 4) is 5.88 Å². The van der Waals surface area contributed by atoms with Crippen LogP contribution in [0.15, 0.2) is 30.7 Å². The molecule has 1 spiro atoms. The zero-order valence-electron chi connectivity index (χ0n) is 20.9. The van der Waals surface area contributed by atoms with Crippen LogP contribution in [0.2, 0.25) is 0 Å². The maximum Gasteiger partial charge on any atom is 0.410 e. The zero-order chi connectivity index (χ0) is 25.9. The van der Waals surface area contributed by atoms with Gasteiger partial charge < -0.3 is 24.6 Å². The van der Waals surface area contributed by atoms with E-state index in [4.69, 9.17) is 14.5 Å². The summed E-state index contributed by atoms with van der Waals surface area (Å²) in [6.07, 6.45) is 5.39. The highest BCUT2D eigenvalue weighted by Gasteiger charge is 2.46. The summed E-state index contributed by atoms with van der Waals surface area (Å²) in [7, 11) is 0. The highest BCUT2D eigenvalue weighted by molar-refractivity contribution is 6.00. The van der Waals surface area contributed by atoms with Gasteiger partial charge in [-0.1, -0.05) is 0 Å². The number of hydrogen-bond acceptors (Lipinski definition) is 8. The zero-order valence-corrected chi connectivity index (χ0v) is 20.9. The molecule has 1 aliphatic carbocycles. The third-order valence-electron chi connectivity index (χ3n) is 6.85. The Labute approximate surface area is 212 Å². The van der Waals surface area contributed by atoms with Crippen molar-refractivity contribution in [3.05, 3.63) is 47.7 Å². The van der Waals surface area contributed by atoms with Crippen molar-refractivity contribution in [1.82, 2.24) is 29.8 Å². The summed E-state index contributed by atoms with van der Waals surface area (Å²) in [6.45, 7) is 6.59. The summed E-state index contributed by atoms with van der Waals surface area (Å²) < 4.78 is 27.9. The lowest BCUT2D eigenvalue weighted by molar-refractivity contribution is 0.0212. The van der Waals surface area contributed by atoms with Crippen molar-refractivity contribution in [3.63, 3.8) is 0 Å². The topological polar surface area (TPSA) is 114 Å². The Bertz CT molecular complexity index is 1400. The van der Waals surface area contributed by atoms with Crippen LogP contribution in [0.1, 0.15) is 55.6 Å². The second-order valence-electron chi connectivity index (χ2n) is 10.8. The molecule has 1 saturated carbocycles. The van der Waals surface area contributed by atoms with E-state index in [-0.39, 0.29) is 24.9 Å². The lowest BCUT2D eigenvalue weighted by atomic mass is 10.0. The molecule has 12 heteroatoms. The van der Waals surface area contributed by atoms with Crippen molar-refractivity contribution in [1.29, 1.82) is 0 Å². The second-order valence-corrected chi connectivity index (χ2v) is 10.8. The highest BCUT2D eigenvalue weighted by atomic mass is 19.1. The Morgan fingerprint density at radius 1 is 1.27 bits per heavy atom. The number of amides is 2. The van der Waals surface area contributed by atoms with Crippen molar-refractivity contribution in [2.75, 3.05) is 31.1 Å². The number of nitrogens with one attached hydrogen (secondary N) is 1. The molecule has 2 aliphatic heterocycles. The molecule has 3 aliphatic rings. The molecule has 37 heavy (non-hydrogen) atoms. The van der Waals surface area contributed by atoms with Gasteiger partial charge in [0.05, 0.1) is 24.0 Å². The van der Waals surface area contributed by atoms with Crippen molar-refractivity contribution < 1.29 is 23.5 Å². The Hall–Kier alpha value is -3.96. The van der Waals surface area contributed by atoms with E-state index in [9.17, 15) is 14.0 Å². The Balaban J connectivity index is 1.47. The van der Waals surface area contributed by atoms with E-state index in [1.807, 2.05) is 25.7 Å². The molecule has 0 aromatic carbocycles. The average Bonchev–Trinajstić information content (AvgIpc) is 3.47. The van der Waals surface area contributed by atoms with Gasteiger partial charge in [-0.15, -0.1) is 0 Å². The number of ether oxygens (including phenoxy) is 2. The van der Waals surface area contributed by atoms with Crippen LogP contribution in [0.25, 0.3) is 5.65 Å². The lowest BCUT2D eigenvalue weighted by Gasteiger charge is -2.42. The first-order valence-corrected chi connectivity index (χ1v) is 12.3. The van der Waals surface area contributed by atoms with Gasteiger partial charge in [-0.25, -0.2) is 23.7 Å². The molecule has 6 rings (SSSR count). The van der Waals surface area contributed by atoms with Crippen LogP contribution in [0.3, 0.4) is 0 Å². The van der Waals surface area contributed by atoms with Gasteiger partial charge in [-0.05, 0) is 45.7 Å². The van der Waals surface area contributed by atoms with Gasteiger partial charge in [0.2, 0.25) is 5.88 Å². The first-order chi connectivity index (χ1) is 17.6. The number of anilines is 1. The third-order valence-corrected chi connectivity index (χ3v) is 6.85. The summed E-state index contributed by atoms with van der Waals surface area (Å²) in [5, 5.41) is 7.35. The van der Waals surface area contributed by atoms with E-state index in [1.165, 1.54) is 12.3 Å². The minimum atomic E-state index is -0.656. The summed E-state index contributed by atoms with van der Waals surface area (Å²) in [5.41, 5.74) is 0.0653. The molecular weight excluding hydrogens is 481 g/mol. The fraction of sp³-hybridized carbons (Fsp3) is 0.480. The molecule has 5 heterocycles. The molecule has 2 bridgehead atoms. The van der Waals surface area contributed by atoms with E-state index < -0.39 is 29.1 Å². The minimum absolute atomic E-state index is 0.183. The van der Waals surface area contributed by atoms with Crippen LogP contribution in [0, 0.1) is 5.82 Å². The van der Waals surface area contributed by atoms with Gasteiger partial charge in [0.15, 0.2) is 5.65 Å². The summed E-state index contributed by atoms with van der Waals surface area (Å²) in [4.78, 5) is 38.8. The number of fused-ring (bicyclic) bond motifs is 5. The molecule has 0 radical (unpaired) electrons. The summed E-state index contributed by atoms with van der Waals surface area (Å²) in [6, 6.07) is 2.65. The summed E-state index contributed by atoms with van der Waals surface area (Å²) >= 11 is 0. The second kappa shape index (κ2) is 8.29. The number of pyridine rings is 1. The predicted octanol–water partition coefficient (Wildman–Crippen LogP) is 2.72. The Kier molecular flexibility index (Phi) is 5.25. The van der Waals surface area contributed by atoms with E-state index in [1.54, 1.807) is 21.7 Å². The highest BCUT2D eigenvalue weighted by Crippen LogP contribution is 2.39. The van der Waals surface area contributed by atoms with E-state index >= 15 is 0 Å². The van der Waals surface area contributed by atoms with Crippen LogP contribution in [-0.2, 0) is 4.74 Å². The molecule has 1 saturated heterocycles. The van der Waals surface area contributed by atoms with Gasteiger partial charge in [-0.2, -0.15) is 5.10 Å². The van der Waals surface area contributed by atoms with Crippen molar-refractivity contribution in [2.45, 2.75) is 50.8 Å². The fourth-order valence-electron chi connectivity index (χ4n) is 4.77. The van der Waals surface area contributed by atoms with Gasteiger partial charge in [0.1, 0.15) is 29.4 Å². The number of halogens is 1. The predicted molar refractivity (Wildman–Crippen MR) is 130 cm³/mol. The molecule has 3 aromatic heterocycles.